The molecule has 4 nitrogen and oxygen atoms in total. The van der Waals surface area contributed by atoms with Crippen LogP contribution in [0.2, 0.25) is 0 Å². The monoisotopic (exact) mass is 253 g/mol. The molecular formula is C14H23NO3. The average Bonchev–Trinajstić information content (AvgIpc) is 2.38. The van der Waals surface area contributed by atoms with Crippen molar-refractivity contribution >= 4 is 0 Å². The summed E-state index contributed by atoms with van der Waals surface area (Å²) in [5.74, 6) is 0.812. The first-order valence-corrected chi connectivity index (χ1v) is 6.28. The molecule has 0 bridgehead atoms. The van der Waals surface area contributed by atoms with Crippen LogP contribution < -0.4 is 10.5 Å². The molecule has 18 heavy (non-hydrogen) atoms. The van der Waals surface area contributed by atoms with Crippen LogP contribution in [0.4, 0.5) is 0 Å². The molecule has 0 radical (unpaired) electrons. The number of hydrogen-bond acceptors (Lipinski definition) is 4. The second kappa shape index (κ2) is 8.08. The Kier molecular flexibility index (Phi) is 6.72. The van der Waals surface area contributed by atoms with E-state index < -0.39 is 0 Å². The molecule has 2 N–H and O–H groups in total. The van der Waals surface area contributed by atoms with E-state index in [1.54, 1.807) is 7.11 Å². The van der Waals surface area contributed by atoms with E-state index >= 15 is 0 Å². The summed E-state index contributed by atoms with van der Waals surface area (Å²) in [4.78, 5) is 0. The van der Waals surface area contributed by atoms with Gasteiger partial charge in [-0.3, -0.25) is 0 Å². The normalized spacial score (nSPS) is 14.2. The van der Waals surface area contributed by atoms with Crippen molar-refractivity contribution < 1.29 is 14.2 Å². The highest BCUT2D eigenvalue weighted by molar-refractivity contribution is 5.30. The summed E-state index contributed by atoms with van der Waals surface area (Å²) in [5, 5.41) is 0. The lowest BCUT2D eigenvalue weighted by Crippen LogP contribution is -2.28. The summed E-state index contributed by atoms with van der Waals surface area (Å²) in [6, 6.07) is 7.71. The summed E-state index contributed by atoms with van der Waals surface area (Å²) >= 11 is 0. The maximum atomic E-state index is 5.97. The van der Waals surface area contributed by atoms with E-state index in [0.717, 1.165) is 11.3 Å². The van der Waals surface area contributed by atoms with Crippen LogP contribution in [0.3, 0.4) is 0 Å². The minimum Gasteiger partial charge on any atom is -0.497 e. The average molecular weight is 253 g/mol. The van der Waals surface area contributed by atoms with E-state index in [0.29, 0.717) is 19.8 Å². The molecule has 102 valence electrons. The van der Waals surface area contributed by atoms with Crippen molar-refractivity contribution in [3.05, 3.63) is 29.8 Å². The van der Waals surface area contributed by atoms with Crippen molar-refractivity contribution in [2.75, 3.05) is 26.9 Å². The highest BCUT2D eigenvalue weighted by atomic mass is 16.5. The molecule has 1 aromatic rings. The lowest BCUT2D eigenvalue weighted by Gasteiger charge is -2.22. The van der Waals surface area contributed by atoms with E-state index in [9.17, 15) is 0 Å². The molecule has 0 fully saturated rings. The quantitative estimate of drug-likeness (QED) is 0.721. The van der Waals surface area contributed by atoms with E-state index in [1.165, 1.54) is 0 Å². The number of rotatable bonds is 8. The van der Waals surface area contributed by atoms with Crippen LogP contribution in [0.25, 0.3) is 0 Å². The zero-order chi connectivity index (χ0) is 13.4. The molecule has 0 amide bonds. The Morgan fingerprint density at radius 2 is 2.06 bits per heavy atom. The maximum absolute atomic E-state index is 5.97. The van der Waals surface area contributed by atoms with Gasteiger partial charge in [-0.05, 0) is 31.5 Å². The Morgan fingerprint density at radius 1 is 1.28 bits per heavy atom. The van der Waals surface area contributed by atoms with E-state index in [-0.39, 0.29) is 12.1 Å². The molecule has 0 saturated heterocycles. The summed E-state index contributed by atoms with van der Waals surface area (Å²) in [5.41, 5.74) is 7.00. The highest BCUT2D eigenvalue weighted by Crippen LogP contribution is 2.24. The third-order valence-electron chi connectivity index (χ3n) is 2.63. The molecule has 0 aliphatic rings. The molecule has 0 aliphatic carbocycles. The molecule has 0 aliphatic heterocycles. The second-order valence-corrected chi connectivity index (χ2v) is 4.12. The van der Waals surface area contributed by atoms with Crippen molar-refractivity contribution in [2.45, 2.75) is 26.0 Å². The van der Waals surface area contributed by atoms with Gasteiger partial charge in [0.2, 0.25) is 0 Å². The summed E-state index contributed by atoms with van der Waals surface area (Å²) in [6.45, 7) is 5.72. The minimum absolute atomic E-state index is 0.0845. The standard InChI is InChI=1S/C14H23NO3/c1-4-17-8-9-18-14(11(2)15)12-6-5-7-13(10-12)16-3/h5-7,10-11,14H,4,8-9,15H2,1-3H3. The molecule has 1 rings (SSSR count). The SMILES string of the molecule is CCOCCOC(c1cccc(OC)c1)C(C)N. The summed E-state index contributed by atoms with van der Waals surface area (Å²) in [7, 11) is 1.65. The van der Waals surface area contributed by atoms with Gasteiger partial charge < -0.3 is 19.9 Å². The van der Waals surface area contributed by atoms with Crippen molar-refractivity contribution in [3.63, 3.8) is 0 Å². The fourth-order valence-corrected chi connectivity index (χ4v) is 1.75. The zero-order valence-electron chi connectivity index (χ0n) is 11.4. The lowest BCUT2D eigenvalue weighted by atomic mass is 10.0. The summed E-state index contributed by atoms with van der Waals surface area (Å²) < 4.78 is 16.2. The van der Waals surface area contributed by atoms with E-state index in [2.05, 4.69) is 0 Å². The Labute approximate surface area is 109 Å². The van der Waals surface area contributed by atoms with Gasteiger partial charge in [0.25, 0.3) is 0 Å². The van der Waals surface area contributed by atoms with E-state index in [1.807, 2.05) is 38.1 Å². The van der Waals surface area contributed by atoms with Gasteiger partial charge >= 0.3 is 0 Å². The summed E-state index contributed by atoms with van der Waals surface area (Å²) in [6.07, 6.45) is -0.138. The smallest absolute Gasteiger partial charge is 0.119 e. The van der Waals surface area contributed by atoms with E-state index in [4.69, 9.17) is 19.9 Å². The number of benzene rings is 1. The van der Waals surface area contributed by atoms with Gasteiger partial charge in [0.05, 0.1) is 26.4 Å². The van der Waals surface area contributed by atoms with Crippen LogP contribution in [0.5, 0.6) is 5.75 Å². The molecule has 0 heterocycles. The van der Waals surface area contributed by atoms with Gasteiger partial charge in [0.1, 0.15) is 5.75 Å². The number of ether oxygens (including phenoxy) is 3. The number of nitrogens with two attached hydrogens (primary N) is 1. The Morgan fingerprint density at radius 3 is 2.67 bits per heavy atom. The van der Waals surface area contributed by atoms with Crippen LogP contribution >= 0.6 is 0 Å². The molecular weight excluding hydrogens is 230 g/mol. The zero-order valence-corrected chi connectivity index (χ0v) is 11.4. The molecule has 0 spiro atoms. The fourth-order valence-electron chi connectivity index (χ4n) is 1.75. The maximum Gasteiger partial charge on any atom is 0.119 e. The number of methoxy groups -OCH3 is 1. The van der Waals surface area contributed by atoms with Crippen molar-refractivity contribution in [3.8, 4) is 5.75 Å². The Balaban J connectivity index is 2.65. The lowest BCUT2D eigenvalue weighted by molar-refractivity contribution is -0.00249. The predicted octanol–water partition coefficient (Wildman–Crippen LogP) is 2.14. The largest absolute Gasteiger partial charge is 0.497 e. The van der Waals surface area contributed by atoms with Crippen molar-refractivity contribution in [1.82, 2.24) is 0 Å². The van der Waals surface area contributed by atoms with Gasteiger partial charge in [-0.2, -0.15) is 0 Å². The van der Waals surface area contributed by atoms with Crippen molar-refractivity contribution in [1.29, 1.82) is 0 Å². The Hall–Kier alpha value is -1.10. The first-order valence-electron chi connectivity index (χ1n) is 6.28. The van der Waals surface area contributed by atoms with Crippen molar-refractivity contribution in [2.24, 2.45) is 5.73 Å². The van der Waals surface area contributed by atoms with Gasteiger partial charge in [0.15, 0.2) is 0 Å². The molecule has 0 aromatic heterocycles. The topological polar surface area (TPSA) is 53.7 Å². The van der Waals surface area contributed by atoms with Crippen LogP contribution in [0, 0.1) is 0 Å². The van der Waals surface area contributed by atoms with Crippen LogP contribution in [0.15, 0.2) is 24.3 Å². The van der Waals surface area contributed by atoms with Gasteiger partial charge in [0, 0.05) is 12.6 Å². The molecule has 1 aromatic carbocycles. The van der Waals surface area contributed by atoms with Gasteiger partial charge in [-0.1, -0.05) is 12.1 Å². The third kappa shape index (κ3) is 4.64. The minimum atomic E-state index is -0.138. The first kappa shape index (κ1) is 15.0. The van der Waals surface area contributed by atoms with Crippen LogP contribution in [-0.2, 0) is 9.47 Å². The number of hydrogen-bond donors (Lipinski definition) is 1. The molecule has 2 unspecified atom stereocenters. The predicted molar refractivity (Wildman–Crippen MR) is 71.8 cm³/mol. The Bertz CT molecular complexity index is 342. The van der Waals surface area contributed by atoms with Gasteiger partial charge in [-0.25, -0.2) is 0 Å². The third-order valence-corrected chi connectivity index (χ3v) is 2.63. The molecule has 4 heteroatoms. The van der Waals surface area contributed by atoms with Crippen LogP contribution in [-0.4, -0.2) is 33.0 Å². The first-order chi connectivity index (χ1) is 8.69. The highest BCUT2D eigenvalue weighted by Gasteiger charge is 2.17. The van der Waals surface area contributed by atoms with Crippen LogP contribution in [0.1, 0.15) is 25.5 Å². The fraction of sp³-hybridized carbons (Fsp3) is 0.571. The molecule has 0 saturated carbocycles. The molecule has 2 atom stereocenters. The van der Waals surface area contributed by atoms with Gasteiger partial charge in [-0.15, -0.1) is 0 Å². The second-order valence-electron chi connectivity index (χ2n) is 4.12.